The highest BCUT2D eigenvalue weighted by atomic mass is 19.2. The van der Waals surface area contributed by atoms with E-state index in [1.54, 1.807) is 19.1 Å². The van der Waals surface area contributed by atoms with Gasteiger partial charge in [0.25, 0.3) is 0 Å². The van der Waals surface area contributed by atoms with Crippen molar-refractivity contribution >= 4 is 11.9 Å². The van der Waals surface area contributed by atoms with E-state index in [1.165, 1.54) is 12.3 Å². The third-order valence-electron chi connectivity index (χ3n) is 3.27. The van der Waals surface area contributed by atoms with Crippen LogP contribution in [0.15, 0.2) is 41.0 Å². The summed E-state index contributed by atoms with van der Waals surface area (Å²) in [5.74, 6) is -1.89. The number of imide groups is 1. The Kier molecular flexibility index (Phi) is 6.02. The predicted octanol–water partition coefficient (Wildman–Crippen LogP) is 2.23. The van der Waals surface area contributed by atoms with E-state index >= 15 is 0 Å². The molecule has 0 fully saturated rings. The first-order valence-corrected chi connectivity index (χ1v) is 7.24. The summed E-state index contributed by atoms with van der Waals surface area (Å²) in [5, 5.41) is 7.43. The lowest BCUT2D eigenvalue weighted by atomic mass is 10.1. The zero-order valence-electron chi connectivity index (χ0n) is 12.9. The first kappa shape index (κ1) is 17.6. The monoisotopic (exact) mass is 337 g/mol. The van der Waals surface area contributed by atoms with Crippen LogP contribution < -0.4 is 16.0 Å². The number of benzene rings is 1. The van der Waals surface area contributed by atoms with E-state index in [0.717, 1.165) is 12.1 Å². The van der Waals surface area contributed by atoms with Crippen LogP contribution in [0.25, 0.3) is 0 Å². The number of amides is 3. The molecule has 1 aromatic carbocycles. The molecule has 3 amide bonds. The normalized spacial score (nSPS) is 11.8. The highest BCUT2D eigenvalue weighted by molar-refractivity contribution is 5.95. The number of hydrogen-bond acceptors (Lipinski definition) is 4. The van der Waals surface area contributed by atoms with Crippen molar-refractivity contribution in [2.45, 2.75) is 19.5 Å². The van der Waals surface area contributed by atoms with E-state index in [4.69, 9.17) is 4.42 Å². The predicted molar refractivity (Wildman–Crippen MR) is 81.9 cm³/mol. The number of carbonyl (C=O) groups excluding carboxylic acids is 2. The number of urea groups is 1. The van der Waals surface area contributed by atoms with Gasteiger partial charge in [0.15, 0.2) is 11.6 Å². The summed E-state index contributed by atoms with van der Waals surface area (Å²) < 4.78 is 31.1. The van der Waals surface area contributed by atoms with Crippen LogP contribution in [-0.4, -0.2) is 18.5 Å². The number of halogens is 2. The summed E-state index contributed by atoms with van der Waals surface area (Å²) in [6, 6.07) is 5.82. The molecule has 8 heteroatoms. The van der Waals surface area contributed by atoms with Gasteiger partial charge in [-0.3, -0.25) is 10.1 Å². The summed E-state index contributed by atoms with van der Waals surface area (Å²) in [6.07, 6.45) is 1.48. The minimum Gasteiger partial charge on any atom is -0.467 e. The van der Waals surface area contributed by atoms with Crippen molar-refractivity contribution in [1.82, 2.24) is 16.0 Å². The minimum atomic E-state index is -0.956. The van der Waals surface area contributed by atoms with Crippen molar-refractivity contribution in [2.24, 2.45) is 0 Å². The average molecular weight is 337 g/mol. The summed E-state index contributed by atoms with van der Waals surface area (Å²) in [5.41, 5.74) is 0.490. The molecule has 0 radical (unpaired) electrons. The van der Waals surface area contributed by atoms with Crippen LogP contribution >= 0.6 is 0 Å². The van der Waals surface area contributed by atoms with Gasteiger partial charge in [-0.15, -0.1) is 0 Å². The molecule has 0 saturated heterocycles. The molecule has 1 atom stereocenters. The fraction of sp³-hybridized carbons (Fsp3) is 0.250. The van der Waals surface area contributed by atoms with Gasteiger partial charge in [0.05, 0.1) is 19.4 Å². The zero-order chi connectivity index (χ0) is 17.5. The van der Waals surface area contributed by atoms with Crippen molar-refractivity contribution in [3.63, 3.8) is 0 Å². The van der Waals surface area contributed by atoms with Gasteiger partial charge in [-0.05, 0) is 36.8 Å². The standard InChI is InChI=1S/C16H17F2N3O3/c1-10(11-4-5-13(17)14(18)7-11)19-9-15(22)21-16(23)20-8-12-3-2-6-24-12/h2-7,10,19H,8-9H2,1H3,(H2,20,21,22,23)/t10-/m0/s1. The molecule has 3 N–H and O–H groups in total. The Bertz CT molecular complexity index is 705. The number of nitrogens with one attached hydrogen (secondary N) is 3. The van der Waals surface area contributed by atoms with Crippen molar-refractivity contribution in [1.29, 1.82) is 0 Å². The number of hydrogen-bond donors (Lipinski definition) is 3. The topological polar surface area (TPSA) is 83.4 Å². The van der Waals surface area contributed by atoms with Crippen molar-refractivity contribution in [3.05, 3.63) is 59.6 Å². The quantitative estimate of drug-likeness (QED) is 0.755. The van der Waals surface area contributed by atoms with Crippen molar-refractivity contribution < 1.29 is 22.8 Å². The van der Waals surface area contributed by atoms with Gasteiger partial charge < -0.3 is 15.1 Å². The summed E-state index contributed by atoms with van der Waals surface area (Å²) in [7, 11) is 0. The Morgan fingerprint density at radius 3 is 2.67 bits per heavy atom. The van der Waals surface area contributed by atoms with Crippen LogP contribution in [0.5, 0.6) is 0 Å². The van der Waals surface area contributed by atoms with Crippen LogP contribution in [0.2, 0.25) is 0 Å². The van der Waals surface area contributed by atoms with E-state index in [9.17, 15) is 18.4 Å². The van der Waals surface area contributed by atoms with Crippen molar-refractivity contribution in [2.75, 3.05) is 6.54 Å². The average Bonchev–Trinajstić information content (AvgIpc) is 3.06. The van der Waals surface area contributed by atoms with Crippen LogP contribution in [-0.2, 0) is 11.3 Å². The second kappa shape index (κ2) is 8.21. The SMILES string of the molecule is C[C@H](NCC(=O)NC(=O)NCc1ccco1)c1ccc(F)c(F)c1. The summed E-state index contributed by atoms with van der Waals surface area (Å²) >= 11 is 0. The maximum Gasteiger partial charge on any atom is 0.321 e. The summed E-state index contributed by atoms with van der Waals surface area (Å²) in [6.45, 7) is 1.69. The first-order chi connectivity index (χ1) is 11.5. The molecule has 1 aromatic heterocycles. The maximum atomic E-state index is 13.2. The van der Waals surface area contributed by atoms with Crippen LogP contribution in [0.1, 0.15) is 24.3 Å². The van der Waals surface area contributed by atoms with Gasteiger partial charge in [-0.2, -0.15) is 0 Å². The molecule has 2 aromatic rings. The molecule has 1 heterocycles. The third-order valence-corrected chi connectivity index (χ3v) is 3.27. The Balaban J connectivity index is 1.73. The smallest absolute Gasteiger partial charge is 0.321 e. The molecule has 0 spiro atoms. The van der Waals surface area contributed by atoms with E-state index in [1.807, 2.05) is 0 Å². The summed E-state index contributed by atoms with van der Waals surface area (Å²) in [4.78, 5) is 23.2. The molecule has 0 saturated carbocycles. The largest absolute Gasteiger partial charge is 0.467 e. The molecular formula is C16H17F2N3O3. The van der Waals surface area contributed by atoms with Gasteiger partial charge in [0.2, 0.25) is 5.91 Å². The molecule has 0 bridgehead atoms. The molecule has 2 rings (SSSR count). The number of carbonyl (C=O) groups is 2. The third kappa shape index (κ3) is 5.17. The number of rotatable bonds is 6. The highest BCUT2D eigenvalue weighted by Crippen LogP contribution is 2.15. The first-order valence-electron chi connectivity index (χ1n) is 7.24. The fourth-order valence-corrected chi connectivity index (χ4v) is 1.94. The van der Waals surface area contributed by atoms with E-state index in [0.29, 0.717) is 11.3 Å². The van der Waals surface area contributed by atoms with Crippen molar-refractivity contribution in [3.8, 4) is 0 Å². The molecule has 0 aliphatic carbocycles. The molecule has 128 valence electrons. The highest BCUT2D eigenvalue weighted by Gasteiger charge is 2.12. The lowest BCUT2D eigenvalue weighted by Gasteiger charge is -2.14. The zero-order valence-corrected chi connectivity index (χ0v) is 12.9. The van der Waals surface area contributed by atoms with Gasteiger partial charge >= 0.3 is 6.03 Å². The van der Waals surface area contributed by atoms with Gasteiger partial charge in [0.1, 0.15) is 5.76 Å². The molecule has 24 heavy (non-hydrogen) atoms. The van der Waals surface area contributed by atoms with Gasteiger partial charge in [-0.1, -0.05) is 6.07 Å². The minimum absolute atomic E-state index is 0.158. The van der Waals surface area contributed by atoms with Gasteiger partial charge in [-0.25, -0.2) is 13.6 Å². The van der Waals surface area contributed by atoms with Crippen LogP contribution in [0.3, 0.4) is 0 Å². The Morgan fingerprint density at radius 1 is 1.21 bits per heavy atom. The second-order valence-electron chi connectivity index (χ2n) is 5.09. The Morgan fingerprint density at radius 2 is 2.00 bits per heavy atom. The second-order valence-corrected chi connectivity index (χ2v) is 5.09. The molecular weight excluding hydrogens is 320 g/mol. The molecule has 0 aliphatic heterocycles. The van der Waals surface area contributed by atoms with Crippen LogP contribution in [0, 0.1) is 11.6 Å². The van der Waals surface area contributed by atoms with E-state index < -0.39 is 29.6 Å². The maximum absolute atomic E-state index is 13.2. The Hall–Kier alpha value is -2.74. The molecule has 0 unspecified atom stereocenters. The van der Waals surface area contributed by atoms with E-state index in [2.05, 4.69) is 16.0 Å². The lowest BCUT2D eigenvalue weighted by Crippen LogP contribution is -2.43. The molecule has 0 aliphatic rings. The lowest BCUT2D eigenvalue weighted by molar-refractivity contribution is -0.119. The fourth-order valence-electron chi connectivity index (χ4n) is 1.94. The Labute approximate surface area is 137 Å². The van der Waals surface area contributed by atoms with E-state index in [-0.39, 0.29) is 13.1 Å². The number of furan rings is 1. The van der Waals surface area contributed by atoms with Gasteiger partial charge in [0, 0.05) is 6.04 Å². The van der Waals surface area contributed by atoms with Crippen LogP contribution in [0.4, 0.5) is 13.6 Å². The molecule has 6 nitrogen and oxygen atoms in total.